The molecule has 0 saturated carbocycles. The lowest BCUT2D eigenvalue weighted by Gasteiger charge is -2.05. The van der Waals surface area contributed by atoms with Crippen LogP contribution < -0.4 is 5.69 Å². The number of aliphatic hydroxyl groups excluding tert-OH is 1. The number of halogens is 1. The van der Waals surface area contributed by atoms with Crippen molar-refractivity contribution in [2.75, 3.05) is 0 Å². The van der Waals surface area contributed by atoms with Crippen LogP contribution in [0.5, 0.6) is 0 Å². The van der Waals surface area contributed by atoms with Crippen LogP contribution >= 0.6 is 0 Å². The average molecular weight is 210 g/mol. The molecule has 0 aliphatic carbocycles. The minimum Gasteiger partial charge on any atom is -0.392 e. The highest BCUT2D eigenvalue weighted by molar-refractivity contribution is 5.75. The fourth-order valence-corrected chi connectivity index (χ4v) is 1.57. The molecule has 1 atom stereocenters. The van der Waals surface area contributed by atoms with Crippen molar-refractivity contribution in [3.63, 3.8) is 0 Å². The zero-order chi connectivity index (χ0) is 11.0. The monoisotopic (exact) mass is 210 g/mol. The Balaban J connectivity index is 2.65. The number of fused-ring (bicyclic) bond motifs is 1. The first-order valence-electron chi connectivity index (χ1n) is 4.64. The van der Waals surface area contributed by atoms with Gasteiger partial charge in [-0.15, -0.1) is 0 Å². The van der Waals surface area contributed by atoms with E-state index in [1.165, 1.54) is 22.8 Å². The molecule has 1 unspecified atom stereocenters. The van der Waals surface area contributed by atoms with Crippen LogP contribution in [0.4, 0.5) is 4.39 Å². The van der Waals surface area contributed by atoms with Crippen LogP contribution in [0.1, 0.15) is 6.92 Å². The van der Waals surface area contributed by atoms with Gasteiger partial charge in [0, 0.05) is 0 Å². The summed E-state index contributed by atoms with van der Waals surface area (Å²) >= 11 is 0. The van der Waals surface area contributed by atoms with E-state index in [0.29, 0.717) is 11.0 Å². The quantitative estimate of drug-likeness (QED) is 0.772. The van der Waals surface area contributed by atoms with Crippen molar-refractivity contribution in [3.8, 4) is 0 Å². The predicted octanol–water partition coefficient (Wildman–Crippen LogP) is 0.849. The van der Waals surface area contributed by atoms with E-state index in [1.54, 1.807) is 6.92 Å². The zero-order valence-corrected chi connectivity index (χ0v) is 8.20. The minimum absolute atomic E-state index is 0.155. The van der Waals surface area contributed by atoms with Crippen molar-refractivity contribution >= 4 is 11.0 Å². The Morgan fingerprint density at radius 2 is 2.33 bits per heavy atom. The molecule has 5 heteroatoms. The van der Waals surface area contributed by atoms with E-state index in [0.717, 1.165) is 0 Å². The molecule has 2 N–H and O–H groups in total. The number of aromatic nitrogens is 2. The normalized spacial score (nSPS) is 13.3. The Morgan fingerprint density at radius 1 is 1.60 bits per heavy atom. The second-order valence-electron chi connectivity index (χ2n) is 3.55. The van der Waals surface area contributed by atoms with E-state index in [1.807, 2.05) is 0 Å². The molecule has 0 aliphatic heterocycles. The van der Waals surface area contributed by atoms with Crippen molar-refractivity contribution in [2.45, 2.75) is 19.6 Å². The Morgan fingerprint density at radius 3 is 3.00 bits per heavy atom. The number of benzene rings is 1. The summed E-state index contributed by atoms with van der Waals surface area (Å²) in [4.78, 5) is 14.0. The Hall–Kier alpha value is -1.62. The van der Waals surface area contributed by atoms with Gasteiger partial charge >= 0.3 is 5.69 Å². The molecule has 0 amide bonds. The third kappa shape index (κ3) is 1.78. The van der Waals surface area contributed by atoms with Gasteiger partial charge in [0.2, 0.25) is 0 Å². The number of H-pyrrole nitrogens is 1. The van der Waals surface area contributed by atoms with E-state index in [-0.39, 0.29) is 12.2 Å². The molecule has 1 aromatic carbocycles. The summed E-state index contributed by atoms with van der Waals surface area (Å²) in [6.45, 7) is 1.73. The maximum atomic E-state index is 13.0. The van der Waals surface area contributed by atoms with E-state index < -0.39 is 11.9 Å². The van der Waals surface area contributed by atoms with Gasteiger partial charge in [-0.2, -0.15) is 0 Å². The number of aliphatic hydroxyl groups is 1. The van der Waals surface area contributed by atoms with Crippen LogP contribution in [0.15, 0.2) is 23.0 Å². The number of nitrogens with one attached hydrogen (secondary N) is 1. The van der Waals surface area contributed by atoms with Crippen molar-refractivity contribution in [1.82, 2.24) is 9.55 Å². The third-order valence-electron chi connectivity index (χ3n) is 2.18. The minimum atomic E-state index is -0.648. The maximum absolute atomic E-state index is 13.0. The summed E-state index contributed by atoms with van der Waals surface area (Å²) < 4.78 is 14.3. The summed E-state index contributed by atoms with van der Waals surface area (Å²) in [5, 5.41) is 9.21. The average Bonchev–Trinajstić information content (AvgIpc) is 2.43. The van der Waals surface area contributed by atoms with Crippen LogP contribution in [0.25, 0.3) is 11.0 Å². The van der Waals surface area contributed by atoms with Crippen LogP contribution in [-0.4, -0.2) is 20.8 Å². The summed E-state index contributed by atoms with van der Waals surface area (Å²) in [6, 6.07) is 4.06. The van der Waals surface area contributed by atoms with E-state index in [2.05, 4.69) is 4.98 Å². The predicted molar refractivity (Wildman–Crippen MR) is 54.2 cm³/mol. The van der Waals surface area contributed by atoms with E-state index >= 15 is 0 Å². The first kappa shape index (κ1) is 9.92. The van der Waals surface area contributed by atoms with Gasteiger partial charge in [0.15, 0.2) is 0 Å². The van der Waals surface area contributed by atoms with Gasteiger partial charge in [-0.25, -0.2) is 9.18 Å². The molecule has 2 aromatic rings. The lowest BCUT2D eigenvalue weighted by Crippen LogP contribution is -2.22. The molecule has 80 valence electrons. The Kier molecular flexibility index (Phi) is 2.32. The highest BCUT2D eigenvalue weighted by Gasteiger charge is 2.09. The maximum Gasteiger partial charge on any atom is 0.326 e. The third-order valence-corrected chi connectivity index (χ3v) is 2.18. The van der Waals surface area contributed by atoms with Crippen molar-refractivity contribution in [3.05, 3.63) is 34.5 Å². The number of rotatable bonds is 2. The first-order chi connectivity index (χ1) is 7.08. The molecule has 1 heterocycles. The standard InChI is InChI=1S/C10H11FN2O2/c1-6(14)5-13-9-4-7(11)2-3-8(9)12-10(13)15/h2-4,6,14H,5H2,1H3,(H,12,15). The Bertz CT molecular complexity index is 542. The van der Waals surface area contributed by atoms with Gasteiger partial charge < -0.3 is 10.1 Å². The molecule has 2 rings (SSSR count). The Labute approximate surface area is 85.0 Å². The van der Waals surface area contributed by atoms with E-state index in [9.17, 15) is 14.3 Å². The number of aromatic amines is 1. The first-order valence-corrected chi connectivity index (χ1v) is 4.64. The second kappa shape index (κ2) is 3.51. The fourth-order valence-electron chi connectivity index (χ4n) is 1.57. The molecule has 1 aromatic heterocycles. The largest absolute Gasteiger partial charge is 0.392 e. The summed E-state index contributed by atoms with van der Waals surface area (Å²) in [5.41, 5.74) is 0.708. The molecular weight excluding hydrogens is 199 g/mol. The molecular formula is C10H11FN2O2. The summed E-state index contributed by atoms with van der Waals surface area (Å²) in [7, 11) is 0. The van der Waals surface area contributed by atoms with Gasteiger partial charge in [0.05, 0.1) is 23.7 Å². The molecule has 0 spiro atoms. The number of nitrogens with zero attached hydrogens (tertiary/aromatic N) is 1. The number of hydrogen-bond acceptors (Lipinski definition) is 2. The molecule has 0 bridgehead atoms. The second-order valence-corrected chi connectivity index (χ2v) is 3.55. The fraction of sp³-hybridized carbons (Fsp3) is 0.300. The summed E-state index contributed by atoms with van der Waals surface area (Å²) in [5.74, 6) is -0.402. The highest BCUT2D eigenvalue weighted by atomic mass is 19.1. The van der Waals surface area contributed by atoms with Crippen LogP contribution in [-0.2, 0) is 6.54 Å². The molecule has 0 aliphatic rings. The molecule has 0 saturated heterocycles. The van der Waals surface area contributed by atoms with Gasteiger partial charge in [-0.1, -0.05) is 0 Å². The molecule has 15 heavy (non-hydrogen) atoms. The molecule has 4 nitrogen and oxygen atoms in total. The smallest absolute Gasteiger partial charge is 0.326 e. The van der Waals surface area contributed by atoms with E-state index in [4.69, 9.17) is 0 Å². The van der Waals surface area contributed by atoms with Crippen LogP contribution in [0.3, 0.4) is 0 Å². The SMILES string of the molecule is CC(O)Cn1c(=O)[nH]c2ccc(F)cc21. The number of imidazole rings is 1. The van der Waals surface area contributed by atoms with Crippen molar-refractivity contribution in [1.29, 1.82) is 0 Å². The van der Waals surface area contributed by atoms with Gasteiger partial charge in [-0.05, 0) is 25.1 Å². The molecule has 0 fully saturated rings. The van der Waals surface area contributed by atoms with Crippen molar-refractivity contribution < 1.29 is 9.50 Å². The van der Waals surface area contributed by atoms with Crippen molar-refractivity contribution in [2.24, 2.45) is 0 Å². The van der Waals surface area contributed by atoms with Gasteiger partial charge in [-0.3, -0.25) is 4.57 Å². The molecule has 0 radical (unpaired) electrons. The zero-order valence-electron chi connectivity index (χ0n) is 8.20. The van der Waals surface area contributed by atoms with Gasteiger partial charge in [0.1, 0.15) is 5.82 Å². The van der Waals surface area contributed by atoms with Crippen LogP contribution in [0.2, 0.25) is 0 Å². The lowest BCUT2D eigenvalue weighted by atomic mass is 10.3. The lowest BCUT2D eigenvalue weighted by molar-refractivity contribution is 0.174. The van der Waals surface area contributed by atoms with Crippen LogP contribution in [0, 0.1) is 5.82 Å². The summed E-state index contributed by atoms with van der Waals surface area (Å²) in [6.07, 6.45) is -0.648. The highest BCUT2D eigenvalue weighted by Crippen LogP contribution is 2.12. The number of hydrogen-bond donors (Lipinski definition) is 2. The van der Waals surface area contributed by atoms with Gasteiger partial charge in [0.25, 0.3) is 0 Å². The topological polar surface area (TPSA) is 58.0 Å².